The van der Waals surface area contributed by atoms with Crippen molar-refractivity contribution in [2.45, 2.75) is 25.6 Å². The Morgan fingerprint density at radius 2 is 2.31 bits per heavy atom. The topological polar surface area (TPSA) is 37.6 Å². The highest BCUT2D eigenvalue weighted by Gasteiger charge is 2.18. The van der Waals surface area contributed by atoms with Gasteiger partial charge in [0.25, 0.3) is 0 Å². The number of rotatable bonds is 5. The van der Waals surface area contributed by atoms with E-state index in [-0.39, 0.29) is 0 Å². The van der Waals surface area contributed by atoms with Crippen LogP contribution in [0.15, 0.2) is 16.5 Å². The van der Waals surface area contributed by atoms with Crippen molar-refractivity contribution in [2.75, 3.05) is 27.2 Å². The third-order valence-corrected chi connectivity index (χ3v) is 2.96. The smallest absolute Gasteiger partial charge is 0.129 e. The molecule has 1 aromatic rings. The molecule has 2 rings (SSSR count). The molecule has 90 valence electrons. The second-order valence-corrected chi connectivity index (χ2v) is 4.43. The molecule has 1 unspecified atom stereocenters. The fourth-order valence-electron chi connectivity index (χ4n) is 2.08. The Bertz CT molecular complexity index is 325. The van der Waals surface area contributed by atoms with Crippen LogP contribution >= 0.6 is 0 Å². The summed E-state index contributed by atoms with van der Waals surface area (Å²) in [6, 6.07) is 4.59. The number of ether oxygens (including phenoxy) is 1. The van der Waals surface area contributed by atoms with E-state index in [0.29, 0.717) is 12.6 Å². The van der Waals surface area contributed by atoms with Gasteiger partial charge in [-0.1, -0.05) is 0 Å². The lowest BCUT2D eigenvalue weighted by atomic mass is 10.2. The molecule has 0 amide bonds. The summed E-state index contributed by atoms with van der Waals surface area (Å²) in [5.41, 5.74) is 0. The minimum absolute atomic E-state index is 0.548. The molecule has 0 spiro atoms. The largest absolute Gasteiger partial charge is 0.462 e. The van der Waals surface area contributed by atoms with Crippen molar-refractivity contribution in [1.82, 2.24) is 10.2 Å². The van der Waals surface area contributed by atoms with Crippen LogP contribution in [0.25, 0.3) is 0 Å². The first-order valence-corrected chi connectivity index (χ1v) is 5.76. The van der Waals surface area contributed by atoms with Crippen molar-refractivity contribution in [1.29, 1.82) is 0 Å². The normalized spacial score (nSPS) is 21.8. The van der Waals surface area contributed by atoms with Gasteiger partial charge in [-0.15, -0.1) is 0 Å². The maximum atomic E-state index is 5.61. The zero-order valence-corrected chi connectivity index (χ0v) is 10.0. The molecule has 0 aliphatic carbocycles. The predicted molar refractivity (Wildman–Crippen MR) is 62.2 cm³/mol. The molecule has 0 saturated carbocycles. The summed E-state index contributed by atoms with van der Waals surface area (Å²) in [6.45, 7) is 3.67. The minimum Gasteiger partial charge on any atom is -0.462 e. The molecule has 1 fully saturated rings. The molecule has 0 radical (unpaired) electrons. The van der Waals surface area contributed by atoms with Gasteiger partial charge >= 0.3 is 0 Å². The van der Waals surface area contributed by atoms with E-state index >= 15 is 0 Å². The van der Waals surface area contributed by atoms with Crippen LogP contribution in [0, 0.1) is 0 Å². The monoisotopic (exact) mass is 224 g/mol. The van der Waals surface area contributed by atoms with Gasteiger partial charge in [0, 0.05) is 19.7 Å². The Labute approximate surface area is 96.6 Å². The summed E-state index contributed by atoms with van der Waals surface area (Å²) in [5.74, 6) is 1.88. The van der Waals surface area contributed by atoms with Gasteiger partial charge in [0.2, 0.25) is 0 Å². The first-order chi connectivity index (χ1) is 7.78. The highest BCUT2D eigenvalue weighted by molar-refractivity contribution is 5.06. The lowest BCUT2D eigenvalue weighted by molar-refractivity contribution is 0.162. The predicted octanol–water partition coefficient (Wildman–Crippen LogP) is 1.22. The lowest BCUT2D eigenvalue weighted by Crippen LogP contribution is -2.30. The summed E-state index contributed by atoms with van der Waals surface area (Å²) in [7, 11) is 3.83. The van der Waals surface area contributed by atoms with Crippen molar-refractivity contribution >= 4 is 0 Å². The van der Waals surface area contributed by atoms with Crippen molar-refractivity contribution < 1.29 is 9.15 Å². The highest BCUT2D eigenvalue weighted by Crippen LogP contribution is 2.11. The van der Waals surface area contributed by atoms with Crippen molar-refractivity contribution in [3.05, 3.63) is 23.7 Å². The molecule has 0 aromatic carbocycles. The molecule has 1 aliphatic heterocycles. The Hall–Kier alpha value is -0.840. The molecule has 2 heterocycles. The minimum atomic E-state index is 0.548. The van der Waals surface area contributed by atoms with E-state index < -0.39 is 0 Å². The van der Waals surface area contributed by atoms with Gasteiger partial charge in [0.15, 0.2) is 0 Å². The van der Waals surface area contributed by atoms with E-state index in [1.165, 1.54) is 13.0 Å². The van der Waals surface area contributed by atoms with Crippen LogP contribution in [-0.2, 0) is 17.9 Å². The summed E-state index contributed by atoms with van der Waals surface area (Å²) in [5, 5.41) is 3.51. The van der Waals surface area contributed by atoms with Crippen LogP contribution in [0.5, 0.6) is 0 Å². The number of nitrogens with one attached hydrogen (secondary N) is 1. The molecule has 16 heavy (non-hydrogen) atoms. The highest BCUT2D eigenvalue weighted by atomic mass is 16.5. The average Bonchev–Trinajstić information content (AvgIpc) is 2.85. The lowest BCUT2D eigenvalue weighted by Gasteiger charge is -2.11. The quantitative estimate of drug-likeness (QED) is 0.816. The van der Waals surface area contributed by atoms with Crippen molar-refractivity contribution in [3.63, 3.8) is 0 Å². The molecule has 4 nitrogen and oxygen atoms in total. The maximum Gasteiger partial charge on any atom is 0.129 e. The van der Waals surface area contributed by atoms with E-state index in [1.807, 2.05) is 12.1 Å². The van der Waals surface area contributed by atoms with E-state index in [9.17, 15) is 0 Å². The number of hydrogen-bond acceptors (Lipinski definition) is 4. The maximum absolute atomic E-state index is 5.61. The molecule has 1 saturated heterocycles. The second-order valence-electron chi connectivity index (χ2n) is 4.43. The number of hydrogen-bond donors (Lipinski definition) is 1. The van der Waals surface area contributed by atoms with Crippen molar-refractivity contribution in [2.24, 2.45) is 0 Å². The molecular weight excluding hydrogens is 204 g/mol. The van der Waals surface area contributed by atoms with Crippen LogP contribution in [-0.4, -0.2) is 38.2 Å². The van der Waals surface area contributed by atoms with Crippen LogP contribution in [0.3, 0.4) is 0 Å². The van der Waals surface area contributed by atoms with Gasteiger partial charge in [-0.3, -0.25) is 0 Å². The summed E-state index contributed by atoms with van der Waals surface area (Å²) in [6.07, 6.45) is 1.22. The van der Waals surface area contributed by atoms with Gasteiger partial charge in [-0.2, -0.15) is 0 Å². The summed E-state index contributed by atoms with van der Waals surface area (Å²) in [4.78, 5) is 2.34. The molecule has 0 bridgehead atoms. The van der Waals surface area contributed by atoms with E-state index in [2.05, 4.69) is 17.3 Å². The number of methoxy groups -OCH3 is 1. The molecule has 4 heteroatoms. The van der Waals surface area contributed by atoms with Gasteiger partial charge in [0.05, 0.1) is 6.54 Å². The summed E-state index contributed by atoms with van der Waals surface area (Å²) >= 11 is 0. The zero-order chi connectivity index (χ0) is 11.4. The van der Waals surface area contributed by atoms with Gasteiger partial charge < -0.3 is 19.4 Å². The molecular formula is C12H20N2O2. The van der Waals surface area contributed by atoms with E-state index in [4.69, 9.17) is 9.15 Å². The Morgan fingerprint density at radius 3 is 3.00 bits per heavy atom. The number of likely N-dealkylation sites (tertiary alicyclic amines) is 1. The van der Waals surface area contributed by atoms with Crippen LogP contribution in [0.4, 0.5) is 0 Å². The standard InChI is InChI=1S/C12H20N2O2/c1-14-6-5-10(8-14)13-7-11-3-4-12(16-11)9-15-2/h3-4,10,13H,5-9H2,1-2H3. The fourth-order valence-corrected chi connectivity index (χ4v) is 2.08. The third kappa shape index (κ3) is 3.07. The first kappa shape index (κ1) is 11.6. The van der Waals surface area contributed by atoms with Crippen LogP contribution < -0.4 is 5.32 Å². The Morgan fingerprint density at radius 1 is 1.50 bits per heavy atom. The van der Waals surface area contributed by atoms with Gasteiger partial charge in [-0.25, -0.2) is 0 Å². The van der Waals surface area contributed by atoms with Crippen molar-refractivity contribution in [3.8, 4) is 0 Å². The van der Waals surface area contributed by atoms with E-state index in [0.717, 1.165) is 24.6 Å². The number of likely N-dealkylation sites (N-methyl/N-ethyl adjacent to an activating group) is 1. The zero-order valence-electron chi connectivity index (χ0n) is 10.0. The van der Waals surface area contributed by atoms with Crippen LogP contribution in [0.1, 0.15) is 17.9 Å². The SMILES string of the molecule is COCc1ccc(CNC2CCN(C)C2)o1. The Balaban J connectivity index is 1.76. The first-order valence-electron chi connectivity index (χ1n) is 5.76. The molecule has 1 aromatic heterocycles. The number of nitrogens with zero attached hydrogens (tertiary/aromatic N) is 1. The number of furan rings is 1. The average molecular weight is 224 g/mol. The molecule has 1 aliphatic rings. The third-order valence-electron chi connectivity index (χ3n) is 2.96. The van der Waals surface area contributed by atoms with E-state index in [1.54, 1.807) is 7.11 Å². The van der Waals surface area contributed by atoms with Gasteiger partial charge in [-0.05, 0) is 32.1 Å². The Kier molecular flexibility index (Phi) is 3.98. The summed E-state index contributed by atoms with van der Waals surface area (Å²) < 4.78 is 10.6. The van der Waals surface area contributed by atoms with Gasteiger partial charge in [0.1, 0.15) is 18.1 Å². The molecule has 1 N–H and O–H groups in total. The fraction of sp³-hybridized carbons (Fsp3) is 0.667. The molecule has 1 atom stereocenters. The van der Waals surface area contributed by atoms with Crippen LogP contribution in [0.2, 0.25) is 0 Å². The second kappa shape index (κ2) is 5.48.